The van der Waals surface area contributed by atoms with Crippen molar-refractivity contribution in [1.29, 1.82) is 0 Å². The maximum absolute atomic E-state index is 11.3. The molecule has 0 atom stereocenters. The number of rotatable bonds is 28. The first kappa shape index (κ1) is 44.0. The standard InChI is InChI=1S/2C16H30O4.Zn/c2*1-2-3-4-5-6-7-8-11-14-20-16(19)13-10-9-12-15(17)18;/h2*2-14H2,1H3,(H,17,18);. The van der Waals surface area contributed by atoms with Gasteiger partial charge in [-0.3, -0.25) is 19.2 Å². The Hall–Kier alpha value is -1.50. The van der Waals surface area contributed by atoms with Crippen molar-refractivity contribution < 1.29 is 58.3 Å². The van der Waals surface area contributed by atoms with Crippen molar-refractivity contribution in [2.75, 3.05) is 13.2 Å². The molecule has 0 aliphatic heterocycles. The Morgan fingerprint density at radius 1 is 0.415 bits per heavy atom. The molecule has 0 fully saturated rings. The minimum absolute atomic E-state index is 0. The van der Waals surface area contributed by atoms with Crippen LogP contribution in [0.15, 0.2) is 0 Å². The van der Waals surface area contributed by atoms with Crippen LogP contribution in [0.5, 0.6) is 0 Å². The number of hydrogen-bond donors (Lipinski definition) is 2. The molecule has 0 aromatic carbocycles. The van der Waals surface area contributed by atoms with Crippen LogP contribution in [0.1, 0.15) is 168 Å². The van der Waals surface area contributed by atoms with Crippen LogP contribution in [0.3, 0.4) is 0 Å². The van der Waals surface area contributed by atoms with Crippen LogP contribution >= 0.6 is 0 Å². The van der Waals surface area contributed by atoms with Gasteiger partial charge in [-0.2, -0.15) is 0 Å². The number of carbonyl (C=O) groups is 4. The van der Waals surface area contributed by atoms with Crippen molar-refractivity contribution in [2.24, 2.45) is 0 Å². The minimum atomic E-state index is -0.808. The van der Waals surface area contributed by atoms with Crippen LogP contribution in [-0.4, -0.2) is 47.3 Å². The molecule has 0 aromatic rings. The number of aliphatic carboxylic acids is 2. The van der Waals surface area contributed by atoms with E-state index in [9.17, 15) is 19.2 Å². The number of hydrogen-bond acceptors (Lipinski definition) is 6. The average molecular weight is 638 g/mol. The molecule has 0 saturated heterocycles. The van der Waals surface area contributed by atoms with Crippen molar-refractivity contribution >= 4 is 23.9 Å². The summed E-state index contributed by atoms with van der Waals surface area (Å²) < 4.78 is 10.2. The molecule has 0 amide bonds. The summed E-state index contributed by atoms with van der Waals surface area (Å²) in [6.45, 7) is 5.45. The van der Waals surface area contributed by atoms with Gasteiger partial charge in [0.1, 0.15) is 0 Å². The van der Waals surface area contributed by atoms with Crippen molar-refractivity contribution in [1.82, 2.24) is 0 Å². The van der Waals surface area contributed by atoms with Gasteiger partial charge in [0, 0.05) is 45.2 Å². The van der Waals surface area contributed by atoms with Gasteiger partial charge in [0.25, 0.3) is 0 Å². The van der Waals surface area contributed by atoms with E-state index in [2.05, 4.69) is 13.8 Å². The predicted molar refractivity (Wildman–Crippen MR) is 159 cm³/mol. The Bertz CT molecular complexity index is 561. The van der Waals surface area contributed by atoms with E-state index in [0.29, 0.717) is 51.7 Å². The molecule has 0 spiro atoms. The SMILES string of the molecule is CCCCCCCCCCOC(=O)CCCCC(=O)O.CCCCCCCCCCOC(=O)CCCCC(=O)O.[Zn]. The molecular weight excluding hydrogens is 578 g/mol. The zero-order chi connectivity index (χ0) is 30.1. The number of ether oxygens (including phenoxy) is 2. The second-order valence-corrected chi connectivity index (χ2v) is 10.6. The van der Waals surface area contributed by atoms with E-state index in [0.717, 1.165) is 25.7 Å². The van der Waals surface area contributed by atoms with E-state index in [1.165, 1.54) is 77.0 Å². The Labute approximate surface area is 262 Å². The van der Waals surface area contributed by atoms with E-state index in [-0.39, 0.29) is 44.3 Å². The fraction of sp³-hybridized carbons (Fsp3) is 0.875. The van der Waals surface area contributed by atoms with Gasteiger partial charge >= 0.3 is 23.9 Å². The molecule has 0 bridgehead atoms. The van der Waals surface area contributed by atoms with E-state index < -0.39 is 11.9 Å². The molecule has 238 valence electrons. The second kappa shape index (κ2) is 36.5. The third-order valence-corrected chi connectivity index (χ3v) is 6.56. The molecule has 2 N–H and O–H groups in total. The van der Waals surface area contributed by atoms with Gasteiger partial charge in [0.15, 0.2) is 0 Å². The summed E-state index contributed by atoms with van der Waals surface area (Å²) in [4.78, 5) is 43.2. The molecule has 8 nitrogen and oxygen atoms in total. The summed E-state index contributed by atoms with van der Waals surface area (Å²) in [5.74, 6) is -2.01. The van der Waals surface area contributed by atoms with Crippen molar-refractivity contribution in [3.05, 3.63) is 0 Å². The van der Waals surface area contributed by atoms with Crippen LogP contribution < -0.4 is 0 Å². The molecule has 0 unspecified atom stereocenters. The van der Waals surface area contributed by atoms with Crippen LogP contribution in [0.25, 0.3) is 0 Å². The van der Waals surface area contributed by atoms with Gasteiger partial charge in [0.2, 0.25) is 0 Å². The van der Waals surface area contributed by atoms with Crippen LogP contribution in [0.4, 0.5) is 0 Å². The van der Waals surface area contributed by atoms with E-state index in [1.807, 2.05) is 0 Å². The van der Waals surface area contributed by atoms with Gasteiger partial charge in [-0.15, -0.1) is 0 Å². The van der Waals surface area contributed by atoms with E-state index in [4.69, 9.17) is 19.7 Å². The number of carboxylic acid groups (broad SMARTS) is 2. The minimum Gasteiger partial charge on any atom is -0.481 e. The van der Waals surface area contributed by atoms with E-state index >= 15 is 0 Å². The van der Waals surface area contributed by atoms with Crippen molar-refractivity contribution in [2.45, 2.75) is 168 Å². The molecule has 0 radical (unpaired) electrons. The van der Waals surface area contributed by atoms with Gasteiger partial charge in [0.05, 0.1) is 13.2 Å². The fourth-order valence-corrected chi connectivity index (χ4v) is 4.08. The smallest absolute Gasteiger partial charge is 0.305 e. The normalized spacial score (nSPS) is 10.2. The molecule has 9 heteroatoms. The van der Waals surface area contributed by atoms with Gasteiger partial charge in [-0.25, -0.2) is 0 Å². The molecule has 41 heavy (non-hydrogen) atoms. The molecular formula is C32H60O8Zn. The molecule has 0 saturated carbocycles. The van der Waals surface area contributed by atoms with Gasteiger partial charge < -0.3 is 19.7 Å². The second-order valence-electron chi connectivity index (χ2n) is 10.6. The maximum atomic E-state index is 11.3. The summed E-state index contributed by atoms with van der Waals surface area (Å²) in [6, 6.07) is 0. The van der Waals surface area contributed by atoms with Gasteiger partial charge in [-0.05, 0) is 38.5 Å². The molecule has 0 aromatic heterocycles. The average Bonchev–Trinajstić information content (AvgIpc) is 2.92. The fourth-order valence-electron chi connectivity index (χ4n) is 4.08. The molecule has 0 aliphatic rings. The number of carboxylic acids is 2. The first-order valence-electron chi connectivity index (χ1n) is 16.1. The molecule has 0 rings (SSSR count). The quantitative estimate of drug-likeness (QED) is 0.0496. The maximum Gasteiger partial charge on any atom is 0.305 e. The first-order valence-corrected chi connectivity index (χ1v) is 16.1. The third kappa shape index (κ3) is 43.1. The molecule has 0 heterocycles. The largest absolute Gasteiger partial charge is 0.481 e. The Kier molecular flexibility index (Phi) is 39.2. The Balaban J connectivity index is -0.000000688. The summed E-state index contributed by atoms with van der Waals surface area (Å²) in [5.41, 5.74) is 0. The van der Waals surface area contributed by atoms with Crippen LogP contribution in [-0.2, 0) is 48.1 Å². The van der Waals surface area contributed by atoms with E-state index in [1.54, 1.807) is 0 Å². The summed E-state index contributed by atoms with van der Waals surface area (Å²) >= 11 is 0. The Morgan fingerprint density at radius 2 is 0.683 bits per heavy atom. The predicted octanol–water partition coefficient (Wildman–Crippen LogP) is 8.63. The Morgan fingerprint density at radius 3 is 0.976 bits per heavy atom. The van der Waals surface area contributed by atoms with Crippen LogP contribution in [0, 0.1) is 0 Å². The summed E-state index contributed by atoms with van der Waals surface area (Å²) in [6.07, 6.45) is 22.9. The summed E-state index contributed by atoms with van der Waals surface area (Å²) in [5, 5.41) is 16.9. The van der Waals surface area contributed by atoms with Crippen molar-refractivity contribution in [3.63, 3.8) is 0 Å². The number of carbonyl (C=O) groups excluding carboxylic acids is 2. The zero-order valence-corrected chi connectivity index (χ0v) is 29.4. The summed E-state index contributed by atoms with van der Waals surface area (Å²) in [7, 11) is 0. The number of esters is 2. The van der Waals surface area contributed by atoms with Crippen molar-refractivity contribution in [3.8, 4) is 0 Å². The topological polar surface area (TPSA) is 127 Å². The third-order valence-electron chi connectivity index (χ3n) is 6.56. The number of unbranched alkanes of at least 4 members (excludes halogenated alkanes) is 16. The van der Waals surface area contributed by atoms with Gasteiger partial charge in [-0.1, -0.05) is 104 Å². The first-order chi connectivity index (χ1) is 19.3. The monoisotopic (exact) mass is 636 g/mol. The van der Waals surface area contributed by atoms with Crippen LogP contribution in [0.2, 0.25) is 0 Å². The zero-order valence-electron chi connectivity index (χ0n) is 26.4. The molecule has 0 aliphatic carbocycles.